The molecule has 136 valence electrons. The minimum atomic E-state index is 0.133. The van der Waals surface area contributed by atoms with Crippen LogP contribution in [0, 0.1) is 5.92 Å². The Morgan fingerprint density at radius 1 is 0.962 bits per heavy atom. The van der Waals surface area contributed by atoms with Gasteiger partial charge in [-0.1, -0.05) is 93.4 Å². The van der Waals surface area contributed by atoms with E-state index in [0.717, 1.165) is 31.3 Å². The fraction of sp³-hybridized carbons (Fsp3) is 0.375. The molecule has 1 fully saturated rings. The van der Waals surface area contributed by atoms with E-state index in [1.807, 2.05) is 24.3 Å². The van der Waals surface area contributed by atoms with Gasteiger partial charge in [-0.3, -0.25) is 4.79 Å². The minimum absolute atomic E-state index is 0.133. The molecule has 0 aliphatic carbocycles. The number of hydrogen-bond acceptors (Lipinski definition) is 1. The topological polar surface area (TPSA) is 20.3 Å². The summed E-state index contributed by atoms with van der Waals surface area (Å²) in [4.78, 5) is 15.4. The van der Waals surface area contributed by atoms with Crippen molar-refractivity contribution in [1.29, 1.82) is 0 Å². The van der Waals surface area contributed by atoms with Crippen molar-refractivity contribution in [2.45, 2.75) is 52.1 Å². The Balaban J connectivity index is 2.01. The molecule has 2 nitrogen and oxygen atoms in total. The lowest BCUT2D eigenvalue weighted by Crippen LogP contribution is -2.28. The zero-order chi connectivity index (χ0) is 18.4. The summed E-state index contributed by atoms with van der Waals surface area (Å²) in [6, 6.07) is 21.0. The molecule has 2 atom stereocenters. The van der Waals surface area contributed by atoms with Gasteiger partial charge in [0, 0.05) is 18.0 Å². The summed E-state index contributed by atoms with van der Waals surface area (Å²) in [5, 5.41) is 0. The standard InChI is InChI=1S/C24H29NO/c1-3-5-17-21-22(12-4-2)24(26)25(18-19-13-8-6-9-14-19)23(21)20-15-10-7-11-16-20/h6-16,21,23H,3-5,17-18H2,1-2H3/b22-12+/t21-,23+/m0/s1. The predicted octanol–water partition coefficient (Wildman–Crippen LogP) is 5.91. The van der Waals surface area contributed by atoms with Crippen LogP contribution >= 0.6 is 0 Å². The highest BCUT2D eigenvalue weighted by molar-refractivity contribution is 5.97. The van der Waals surface area contributed by atoms with E-state index in [9.17, 15) is 4.79 Å². The van der Waals surface area contributed by atoms with E-state index in [4.69, 9.17) is 0 Å². The largest absolute Gasteiger partial charge is 0.327 e. The van der Waals surface area contributed by atoms with Crippen molar-refractivity contribution in [2.75, 3.05) is 0 Å². The summed E-state index contributed by atoms with van der Waals surface area (Å²) in [6.45, 7) is 5.01. The van der Waals surface area contributed by atoms with Crippen LogP contribution < -0.4 is 0 Å². The van der Waals surface area contributed by atoms with Crippen molar-refractivity contribution in [3.05, 3.63) is 83.4 Å². The first kappa shape index (κ1) is 18.4. The number of likely N-dealkylation sites (tertiary alicyclic amines) is 1. The number of allylic oxidation sites excluding steroid dienone is 1. The molecule has 0 unspecified atom stereocenters. The molecule has 1 aliphatic rings. The summed E-state index contributed by atoms with van der Waals surface area (Å²) in [5.74, 6) is 0.499. The number of rotatable bonds is 7. The molecule has 0 N–H and O–H groups in total. The average molecular weight is 348 g/mol. The van der Waals surface area contributed by atoms with Gasteiger partial charge in [0.05, 0.1) is 6.04 Å². The van der Waals surface area contributed by atoms with Gasteiger partial charge in [-0.15, -0.1) is 0 Å². The second-order valence-electron chi connectivity index (χ2n) is 7.09. The highest BCUT2D eigenvalue weighted by Gasteiger charge is 2.43. The van der Waals surface area contributed by atoms with Crippen LogP contribution in [0.3, 0.4) is 0 Å². The van der Waals surface area contributed by atoms with Crippen LogP contribution in [0.25, 0.3) is 0 Å². The summed E-state index contributed by atoms with van der Waals surface area (Å²) >= 11 is 0. The highest BCUT2D eigenvalue weighted by atomic mass is 16.2. The van der Waals surface area contributed by atoms with Gasteiger partial charge >= 0.3 is 0 Å². The van der Waals surface area contributed by atoms with Crippen LogP contribution in [-0.2, 0) is 11.3 Å². The maximum absolute atomic E-state index is 13.3. The van der Waals surface area contributed by atoms with Gasteiger partial charge < -0.3 is 4.90 Å². The Bertz CT molecular complexity index is 735. The van der Waals surface area contributed by atoms with Crippen LogP contribution in [-0.4, -0.2) is 10.8 Å². The molecule has 1 aliphatic heterocycles. The molecule has 0 saturated carbocycles. The average Bonchev–Trinajstić information content (AvgIpc) is 2.93. The van der Waals surface area contributed by atoms with E-state index >= 15 is 0 Å². The number of amides is 1. The fourth-order valence-corrected chi connectivity index (χ4v) is 4.05. The third-order valence-electron chi connectivity index (χ3n) is 5.25. The molecule has 26 heavy (non-hydrogen) atoms. The minimum Gasteiger partial charge on any atom is -0.327 e. The Morgan fingerprint density at radius 2 is 1.62 bits per heavy atom. The molecule has 0 radical (unpaired) electrons. The van der Waals surface area contributed by atoms with Crippen molar-refractivity contribution < 1.29 is 4.79 Å². The van der Waals surface area contributed by atoms with Gasteiger partial charge in [0.25, 0.3) is 5.91 Å². The number of unbranched alkanes of at least 4 members (excludes halogenated alkanes) is 1. The van der Waals surface area contributed by atoms with E-state index in [1.165, 1.54) is 11.1 Å². The molecule has 0 bridgehead atoms. The quantitative estimate of drug-likeness (QED) is 0.570. The maximum Gasteiger partial charge on any atom is 0.250 e. The summed E-state index contributed by atoms with van der Waals surface area (Å²) in [7, 11) is 0. The molecule has 1 saturated heterocycles. The Morgan fingerprint density at radius 3 is 2.23 bits per heavy atom. The first-order chi connectivity index (χ1) is 12.8. The molecule has 2 aromatic rings. The molecule has 0 spiro atoms. The van der Waals surface area contributed by atoms with Gasteiger partial charge in [0.1, 0.15) is 0 Å². The number of carbonyl (C=O) groups excluding carboxylic acids is 1. The second kappa shape index (κ2) is 8.84. The van der Waals surface area contributed by atoms with E-state index < -0.39 is 0 Å². The molecule has 3 rings (SSSR count). The van der Waals surface area contributed by atoms with Crippen molar-refractivity contribution in [3.63, 3.8) is 0 Å². The molecule has 1 amide bonds. The zero-order valence-electron chi connectivity index (χ0n) is 15.9. The fourth-order valence-electron chi connectivity index (χ4n) is 4.05. The van der Waals surface area contributed by atoms with Crippen LogP contribution in [0.5, 0.6) is 0 Å². The molecule has 0 aromatic heterocycles. The van der Waals surface area contributed by atoms with Crippen LogP contribution in [0.15, 0.2) is 72.3 Å². The monoisotopic (exact) mass is 347 g/mol. The van der Waals surface area contributed by atoms with Gasteiger partial charge in [-0.25, -0.2) is 0 Å². The Labute approximate surface area is 157 Å². The lowest BCUT2D eigenvalue weighted by atomic mass is 9.86. The summed E-state index contributed by atoms with van der Waals surface area (Å²) < 4.78 is 0. The van der Waals surface area contributed by atoms with Gasteiger partial charge in [0.2, 0.25) is 0 Å². The van der Waals surface area contributed by atoms with E-state index in [-0.39, 0.29) is 17.9 Å². The van der Waals surface area contributed by atoms with E-state index in [1.54, 1.807) is 0 Å². The van der Waals surface area contributed by atoms with Crippen molar-refractivity contribution in [1.82, 2.24) is 4.90 Å². The molecule has 2 heteroatoms. The molecule has 1 heterocycles. The van der Waals surface area contributed by atoms with Crippen LogP contribution in [0.4, 0.5) is 0 Å². The number of nitrogens with zero attached hydrogens (tertiary/aromatic N) is 1. The first-order valence-electron chi connectivity index (χ1n) is 9.86. The second-order valence-corrected chi connectivity index (χ2v) is 7.09. The van der Waals surface area contributed by atoms with E-state index in [2.05, 4.69) is 61.2 Å². The van der Waals surface area contributed by atoms with Gasteiger partial charge in [-0.05, 0) is 24.0 Å². The first-order valence-corrected chi connectivity index (χ1v) is 9.86. The molecular weight excluding hydrogens is 318 g/mol. The molecule has 2 aromatic carbocycles. The summed E-state index contributed by atoms with van der Waals surface area (Å²) in [6.07, 6.45) is 6.44. The van der Waals surface area contributed by atoms with Crippen molar-refractivity contribution in [3.8, 4) is 0 Å². The lowest BCUT2D eigenvalue weighted by Gasteiger charge is -2.28. The van der Waals surface area contributed by atoms with Crippen LogP contribution in [0.1, 0.15) is 56.7 Å². The maximum atomic E-state index is 13.3. The van der Waals surface area contributed by atoms with Crippen LogP contribution in [0.2, 0.25) is 0 Å². The highest BCUT2D eigenvalue weighted by Crippen LogP contribution is 2.45. The lowest BCUT2D eigenvalue weighted by molar-refractivity contribution is -0.127. The smallest absolute Gasteiger partial charge is 0.250 e. The third-order valence-corrected chi connectivity index (χ3v) is 5.25. The normalized spacial score (nSPS) is 21.5. The summed E-state index contributed by atoms with van der Waals surface area (Å²) in [5.41, 5.74) is 3.46. The van der Waals surface area contributed by atoms with Gasteiger partial charge in [0.15, 0.2) is 0 Å². The van der Waals surface area contributed by atoms with E-state index in [0.29, 0.717) is 6.54 Å². The van der Waals surface area contributed by atoms with Gasteiger partial charge in [-0.2, -0.15) is 0 Å². The third kappa shape index (κ3) is 3.90. The predicted molar refractivity (Wildman–Crippen MR) is 108 cm³/mol. The Hall–Kier alpha value is -2.35. The number of benzene rings is 2. The molecular formula is C24H29NO. The zero-order valence-corrected chi connectivity index (χ0v) is 15.9. The van der Waals surface area contributed by atoms with Crippen molar-refractivity contribution >= 4 is 5.91 Å². The van der Waals surface area contributed by atoms with Crippen molar-refractivity contribution in [2.24, 2.45) is 5.92 Å². The Kier molecular flexibility index (Phi) is 6.27. The SMILES string of the molecule is CC/C=C1/C(=O)N(Cc2ccccc2)[C@H](c2ccccc2)[C@H]1CCCC. The number of carbonyl (C=O) groups is 1. The number of hydrogen-bond donors (Lipinski definition) is 0.